The molecule has 8 heteroatoms. The summed E-state index contributed by atoms with van der Waals surface area (Å²) in [5.41, 5.74) is 3.94. The van der Waals surface area contributed by atoms with Crippen LogP contribution in [0.2, 0.25) is 5.02 Å². The first kappa shape index (κ1) is 21.3. The van der Waals surface area contributed by atoms with Crippen LogP contribution in [-0.2, 0) is 4.79 Å². The van der Waals surface area contributed by atoms with E-state index in [1.54, 1.807) is 24.3 Å². The number of fused-ring (bicyclic) bond motifs is 3. The molecule has 0 fully saturated rings. The Balaban J connectivity index is 1.57. The monoisotopic (exact) mass is 474 g/mol. The minimum atomic E-state index is -0.250. The molecule has 0 aliphatic heterocycles. The second-order valence-electron chi connectivity index (χ2n) is 7.62. The molecule has 0 atom stereocenters. The number of aryl methyl sites for hydroxylation is 1. The number of para-hydroxylation sites is 1. The van der Waals surface area contributed by atoms with Crippen molar-refractivity contribution in [3.05, 3.63) is 93.7 Å². The topological polar surface area (TPSA) is 79.8 Å². The molecule has 0 aliphatic carbocycles. The van der Waals surface area contributed by atoms with Gasteiger partial charge in [-0.15, -0.1) is 0 Å². The summed E-state index contributed by atoms with van der Waals surface area (Å²) in [6.07, 6.45) is 0. The molecule has 3 aromatic carbocycles. The summed E-state index contributed by atoms with van der Waals surface area (Å²) in [7, 11) is 0. The van der Waals surface area contributed by atoms with Gasteiger partial charge in [-0.1, -0.05) is 59.8 Å². The molecule has 33 heavy (non-hydrogen) atoms. The van der Waals surface area contributed by atoms with E-state index in [9.17, 15) is 9.59 Å². The van der Waals surface area contributed by atoms with Crippen LogP contribution in [0, 0.1) is 6.92 Å². The quantitative estimate of drug-likeness (QED) is 0.258. The van der Waals surface area contributed by atoms with Crippen LogP contribution in [-0.4, -0.2) is 26.2 Å². The van der Waals surface area contributed by atoms with Crippen molar-refractivity contribution in [2.24, 2.45) is 0 Å². The minimum absolute atomic E-state index is 0.0921. The van der Waals surface area contributed by atoms with E-state index in [0.717, 1.165) is 22.2 Å². The standard InChI is InChI=1S/C25H19ClN4O2S/c1-15-6-4-8-17(12-15)27-21(31)14-33-25-29-22-19-10-2-3-11-20(19)28-23(22)24(32)30(25)18-9-5-7-16(26)13-18/h2-13,28H,14H2,1H3,(H,27,31). The summed E-state index contributed by atoms with van der Waals surface area (Å²) < 4.78 is 1.49. The first-order valence-corrected chi connectivity index (χ1v) is 11.6. The van der Waals surface area contributed by atoms with E-state index in [4.69, 9.17) is 16.6 Å². The number of hydrogen-bond donors (Lipinski definition) is 2. The van der Waals surface area contributed by atoms with Gasteiger partial charge in [0, 0.05) is 21.6 Å². The lowest BCUT2D eigenvalue weighted by atomic mass is 10.2. The van der Waals surface area contributed by atoms with Crippen LogP contribution in [0.5, 0.6) is 0 Å². The van der Waals surface area contributed by atoms with E-state index in [2.05, 4.69) is 10.3 Å². The summed E-state index contributed by atoms with van der Waals surface area (Å²) in [5, 5.41) is 4.67. The third-order valence-corrected chi connectivity index (χ3v) is 6.37. The molecule has 0 unspecified atom stereocenters. The molecular formula is C25H19ClN4O2S. The summed E-state index contributed by atoms with van der Waals surface area (Å²) in [6, 6.07) is 22.2. The van der Waals surface area contributed by atoms with Gasteiger partial charge in [-0.2, -0.15) is 0 Å². The van der Waals surface area contributed by atoms with E-state index in [-0.39, 0.29) is 17.2 Å². The zero-order chi connectivity index (χ0) is 22.9. The molecule has 2 heterocycles. The molecule has 0 saturated heterocycles. The van der Waals surface area contributed by atoms with Crippen molar-refractivity contribution in [1.82, 2.24) is 14.5 Å². The zero-order valence-corrected chi connectivity index (χ0v) is 19.2. The van der Waals surface area contributed by atoms with Crippen molar-refractivity contribution in [3.8, 4) is 5.69 Å². The molecule has 5 rings (SSSR count). The van der Waals surface area contributed by atoms with Gasteiger partial charge in [0.15, 0.2) is 5.16 Å². The number of rotatable bonds is 5. The van der Waals surface area contributed by atoms with Gasteiger partial charge in [0.05, 0.1) is 11.4 Å². The summed E-state index contributed by atoms with van der Waals surface area (Å²) in [5.74, 6) is -0.0917. The van der Waals surface area contributed by atoms with Gasteiger partial charge in [-0.05, 0) is 48.9 Å². The Labute approximate surface area is 198 Å². The van der Waals surface area contributed by atoms with Crippen LogP contribution in [0.15, 0.2) is 82.7 Å². The van der Waals surface area contributed by atoms with Crippen molar-refractivity contribution < 1.29 is 4.79 Å². The fourth-order valence-corrected chi connectivity index (χ4v) is 4.72. The fraction of sp³-hybridized carbons (Fsp3) is 0.0800. The van der Waals surface area contributed by atoms with Crippen molar-refractivity contribution in [3.63, 3.8) is 0 Å². The summed E-state index contributed by atoms with van der Waals surface area (Å²) >= 11 is 7.40. The number of nitrogens with one attached hydrogen (secondary N) is 2. The number of hydrogen-bond acceptors (Lipinski definition) is 4. The lowest BCUT2D eigenvalue weighted by Crippen LogP contribution is -2.23. The number of nitrogens with zero attached hydrogens (tertiary/aromatic N) is 2. The number of amides is 1. The van der Waals surface area contributed by atoms with Crippen LogP contribution < -0.4 is 10.9 Å². The van der Waals surface area contributed by atoms with Crippen LogP contribution >= 0.6 is 23.4 Å². The van der Waals surface area contributed by atoms with Gasteiger partial charge in [0.2, 0.25) is 5.91 Å². The molecule has 164 valence electrons. The molecular weight excluding hydrogens is 456 g/mol. The largest absolute Gasteiger partial charge is 0.349 e. The maximum atomic E-state index is 13.5. The Morgan fingerprint density at radius 3 is 2.73 bits per heavy atom. The molecule has 5 aromatic rings. The van der Waals surface area contributed by atoms with Gasteiger partial charge in [0.1, 0.15) is 11.0 Å². The Kier molecular flexibility index (Phi) is 5.66. The van der Waals surface area contributed by atoms with E-state index in [1.165, 1.54) is 16.3 Å². The van der Waals surface area contributed by atoms with Crippen molar-refractivity contribution in [1.29, 1.82) is 0 Å². The Hall–Kier alpha value is -3.55. The summed E-state index contributed by atoms with van der Waals surface area (Å²) in [6.45, 7) is 1.97. The van der Waals surface area contributed by atoms with Gasteiger partial charge in [-0.25, -0.2) is 4.98 Å². The lowest BCUT2D eigenvalue weighted by Gasteiger charge is -2.12. The molecule has 0 saturated carbocycles. The van der Waals surface area contributed by atoms with Crippen LogP contribution in [0.4, 0.5) is 5.69 Å². The second kappa shape index (κ2) is 8.77. The number of aromatic amines is 1. The maximum absolute atomic E-state index is 13.5. The van der Waals surface area contributed by atoms with Crippen molar-refractivity contribution in [2.45, 2.75) is 12.1 Å². The third kappa shape index (κ3) is 4.25. The predicted octanol–water partition coefficient (Wildman–Crippen LogP) is 5.56. The first-order chi connectivity index (χ1) is 16.0. The van der Waals surface area contributed by atoms with Gasteiger partial charge >= 0.3 is 0 Å². The zero-order valence-electron chi connectivity index (χ0n) is 17.6. The number of benzene rings is 3. The average molecular weight is 475 g/mol. The smallest absolute Gasteiger partial charge is 0.283 e. The third-order valence-electron chi connectivity index (χ3n) is 5.19. The van der Waals surface area contributed by atoms with Crippen molar-refractivity contribution in [2.75, 3.05) is 11.1 Å². The normalized spacial score (nSPS) is 11.2. The highest BCUT2D eigenvalue weighted by atomic mass is 35.5. The van der Waals surface area contributed by atoms with Crippen LogP contribution in [0.3, 0.4) is 0 Å². The molecule has 6 nitrogen and oxygen atoms in total. The fourth-order valence-electron chi connectivity index (χ4n) is 3.73. The molecule has 0 radical (unpaired) electrons. The number of anilines is 1. The molecule has 0 bridgehead atoms. The van der Waals surface area contributed by atoms with E-state index in [1.807, 2.05) is 55.5 Å². The highest BCUT2D eigenvalue weighted by Gasteiger charge is 2.18. The molecule has 2 aromatic heterocycles. The number of carbonyl (C=O) groups excluding carboxylic acids is 1. The highest BCUT2D eigenvalue weighted by molar-refractivity contribution is 7.99. The summed E-state index contributed by atoms with van der Waals surface area (Å²) in [4.78, 5) is 34.2. The minimum Gasteiger partial charge on any atom is -0.349 e. The van der Waals surface area contributed by atoms with Gasteiger partial charge < -0.3 is 10.3 Å². The average Bonchev–Trinajstić information content (AvgIpc) is 3.17. The van der Waals surface area contributed by atoms with Crippen molar-refractivity contribution >= 4 is 56.9 Å². The molecule has 0 aliphatic rings. The molecule has 0 spiro atoms. The maximum Gasteiger partial charge on any atom is 0.283 e. The van der Waals surface area contributed by atoms with Crippen LogP contribution in [0.25, 0.3) is 27.6 Å². The van der Waals surface area contributed by atoms with Gasteiger partial charge in [0.25, 0.3) is 5.56 Å². The lowest BCUT2D eigenvalue weighted by molar-refractivity contribution is -0.113. The van der Waals surface area contributed by atoms with E-state index < -0.39 is 0 Å². The Morgan fingerprint density at radius 1 is 1.09 bits per heavy atom. The van der Waals surface area contributed by atoms with Gasteiger partial charge in [-0.3, -0.25) is 14.2 Å². The first-order valence-electron chi connectivity index (χ1n) is 10.3. The molecule has 2 N–H and O–H groups in total. The number of halogens is 1. The van der Waals surface area contributed by atoms with E-state index >= 15 is 0 Å². The predicted molar refractivity (Wildman–Crippen MR) is 135 cm³/mol. The second-order valence-corrected chi connectivity index (χ2v) is 8.99. The number of H-pyrrole nitrogens is 1. The Bertz CT molecular complexity index is 1570. The Morgan fingerprint density at radius 2 is 1.91 bits per heavy atom. The highest BCUT2D eigenvalue weighted by Crippen LogP contribution is 2.27. The van der Waals surface area contributed by atoms with Crippen LogP contribution in [0.1, 0.15) is 5.56 Å². The number of thioether (sulfide) groups is 1. The number of carbonyl (C=O) groups is 1. The van der Waals surface area contributed by atoms with E-state index in [0.29, 0.717) is 26.9 Å². The number of aromatic nitrogens is 3. The molecule has 1 amide bonds. The SMILES string of the molecule is Cc1cccc(NC(=O)CSc2nc3c([nH]c4ccccc43)c(=O)n2-c2cccc(Cl)c2)c1.